The molecule has 2 aliphatic rings. The van der Waals surface area contributed by atoms with Crippen molar-refractivity contribution in [1.82, 2.24) is 14.7 Å². The van der Waals surface area contributed by atoms with Crippen molar-refractivity contribution in [2.75, 3.05) is 19.9 Å². The van der Waals surface area contributed by atoms with Crippen LogP contribution >= 0.6 is 0 Å². The van der Waals surface area contributed by atoms with Gasteiger partial charge in [-0.25, -0.2) is 0 Å². The standard InChI is InChI=1S/C13H17N3O6/c17-9-1-2-10(18)15(9)7-14(6-5-13(21)22)8-16-11(19)3-4-12(16)20/h1-8H2,(H,21,22). The molecule has 2 fully saturated rings. The fourth-order valence-corrected chi connectivity index (χ4v) is 2.40. The summed E-state index contributed by atoms with van der Waals surface area (Å²) < 4.78 is 0. The highest BCUT2D eigenvalue weighted by atomic mass is 16.4. The van der Waals surface area contributed by atoms with Gasteiger partial charge in [-0.15, -0.1) is 0 Å². The Hall–Kier alpha value is -2.29. The second-order valence-electron chi connectivity index (χ2n) is 5.25. The maximum absolute atomic E-state index is 11.6. The molecule has 0 aromatic carbocycles. The van der Waals surface area contributed by atoms with Crippen LogP contribution < -0.4 is 0 Å². The van der Waals surface area contributed by atoms with Crippen LogP contribution in [0.15, 0.2) is 0 Å². The van der Waals surface area contributed by atoms with Crippen LogP contribution in [0.25, 0.3) is 0 Å². The Morgan fingerprint density at radius 2 is 1.23 bits per heavy atom. The van der Waals surface area contributed by atoms with Crippen molar-refractivity contribution in [3.8, 4) is 0 Å². The van der Waals surface area contributed by atoms with Gasteiger partial charge in [-0.1, -0.05) is 0 Å². The number of aliphatic carboxylic acids is 1. The second kappa shape index (κ2) is 6.65. The van der Waals surface area contributed by atoms with E-state index in [9.17, 15) is 24.0 Å². The van der Waals surface area contributed by atoms with Crippen LogP contribution in [0.2, 0.25) is 0 Å². The predicted octanol–water partition coefficient (Wildman–Crippen LogP) is -1.02. The van der Waals surface area contributed by atoms with E-state index in [1.807, 2.05) is 0 Å². The minimum atomic E-state index is -1.04. The fourth-order valence-electron chi connectivity index (χ4n) is 2.40. The molecule has 2 saturated heterocycles. The molecule has 120 valence electrons. The topological polar surface area (TPSA) is 115 Å². The predicted molar refractivity (Wildman–Crippen MR) is 70.9 cm³/mol. The van der Waals surface area contributed by atoms with Crippen LogP contribution in [0.4, 0.5) is 0 Å². The van der Waals surface area contributed by atoms with Crippen molar-refractivity contribution in [3.05, 3.63) is 0 Å². The third-order valence-corrected chi connectivity index (χ3v) is 3.63. The highest BCUT2D eigenvalue weighted by Gasteiger charge is 2.34. The zero-order chi connectivity index (χ0) is 16.3. The molecule has 0 unspecified atom stereocenters. The highest BCUT2D eigenvalue weighted by Crippen LogP contribution is 2.16. The van der Waals surface area contributed by atoms with Crippen molar-refractivity contribution in [2.24, 2.45) is 0 Å². The molecule has 2 aliphatic heterocycles. The van der Waals surface area contributed by atoms with Crippen LogP contribution in [0.5, 0.6) is 0 Å². The number of carboxylic acid groups (broad SMARTS) is 1. The van der Waals surface area contributed by atoms with Gasteiger partial charge in [0.25, 0.3) is 0 Å². The van der Waals surface area contributed by atoms with Gasteiger partial charge >= 0.3 is 5.97 Å². The van der Waals surface area contributed by atoms with Crippen molar-refractivity contribution >= 4 is 29.6 Å². The van der Waals surface area contributed by atoms with Crippen molar-refractivity contribution < 1.29 is 29.1 Å². The van der Waals surface area contributed by atoms with Crippen LogP contribution in [-0.2, 0) is 24.0 Å². The Bertz CT molecular complexity index is 462. The van der Waals surface area contributed by atoms with E-state index >= 15 is 0 Å². The molecule has 0 aromatic rings. The third kappa shape index (κ3) is 3.67. The highest BCUT2D eigenvalue weighted by molar-refractivity contribution is 6.02. The second-order valence-corrected chi connectivity index (χ2v) is 5.25. The van der Waals surface area contributed by atoms with E-state index in [1.54, 1.807) is 0 Å². The smallest absolute Gasteiger partial charge is 0.304 e. The SMILES string of the molecule is O=C(O)CCN(CN1C(=O)CCC1=O)CN1C(=O)CCC1=O. The van der Waals surface area contributed by atoms with E-state index in [2.05, 4.69) is 0 Å². The minimum absolute atomic E-state index is 0.0312. The molecule has 0 aromatic heterocycles. The number of hydrogen-bond donors (Lipinski definition) is 1. The summed E-state index contributed by atoms with van der Waals surface area (Å²) in [7, 11) is 0. The first kappa shape index (κ1) is 16.1. The Morgan fingerprint density at radius 1 is 0.864 bits per heavy atom. The summed E-state index contributed by atoms with van der Waals surface area (Å²) in [4.78, 5) is 60.8. The molecule has 0 bridgehead atoms. The van der Waals surface area contributed by atoms with E-state index in [-0.39, 0.29) is 75.6 Å². The maximum Gasteiger partial charge on any atom is 0.304 e. The monoisotopic (exact) mass is 311 g/mol. The van der Waals surface area contributed by atoms with E-state index in [0.29, 0.717) is 0 Å². The summed E-state index contributed by atoms with van der Waals surface area (Å²) in [5, 5.41) is 8.77. The molecular weight excluding hydrogens is 294 g/mol. The molecule has 0 atom stereocenters. The summed E-state index contributed by atoms with van der Waals surface area (Å²) in [6, 6.07) is 0. The quantitative estimate of drug-likeness (QED) is 0.598. The van der Waals surface area contributed by atoms with E-state index < -0.39 is 5.97 Å². The molecule has 22 heavy (non-hydrogen) atoms. The van der Waals surface area contributed by atoms with Crippen LogP contribution in [0.1, 0.15) is 32.1 Å². The van der Waals surface area contributed by atoms with Gasteiger partial charge in [-0.3, -0.25) is 38.7 Å². The minimum Gasteiger partial charge on any atom is -0.481 e. The number of likely N-dealkylation sites (tertiary alicyclic amines) is 2. The summed E-state index contributed by atoms with van der Waals surface area (Å²) in [5.74, 6) is -2.36. The molecule has 4 amide bonds. The number of imide groups is 2. The molecule has 9 nitrogen and oxygen atoms in total. The van der Waals surface area contributed by atoms with E-state index in [0.717, 1.165) is 9.80 Å². The number of amides is 4. The number of nitrogens with zero attached hydrogens (tertiary/aromatic N) is 3. The number of carbonyl (C=O) groups is 5. The Kier molecular flexibility index (Phi) is 4.86. The third-order valence-electron chi connectivity index (χ3n) is 3.63. The lowest BCUT2D eigenvalue weighted by Gasteiger charge is -2.29. The molecule has 0 aliphatic carbocycles. The van der Waals surface area contributed by atoms with Gasteiger partial charge < -0.3 is 5.11 Å². The molecule has 2 heterocycles. The summed E-state index contributed by atoms with van der Waals surface area (Å²) >= 11 is 0. The summed E-state index contributed by atoms with van der Waals surface area (Å²) in [5.41, 5.74) is 0. The number of hydrogen-bond acceptors (Lipinski definition) is 6. The van der Waals surface area contributed by atoms with Crippen molar-refractivity contribution in [1.29, 1.82) is 0 Å². The molecule has 0 saturated carbocycles. The van der Waals surface area contributed by atoms with E-state index in [4.69, 9.17) is 5.11 Å². The lowest BCUT2D eigenvalue weighted by molar-refractivity contribution is -0.143. The number of rotatable bonds is 7. The first-order valence-electron chi connectivity index (χ1n) is 6.99. The number of carboxylic acids is 1. The maximum atomic E-state index is 11.6. The molecule has 1 N–H and O–H groups in total. The first-order chi connectivity index (χ1) is 10.4. The molecule has 0 spiro atoms. The molecule has 0 radical (unpaired) electrons. The molecule has 2 rings (SSSR count). The van der Waals surface area contributed by atoms with Gasteiger partial charge in [-0.05, 0) is 0 Å². The van der Waals surface area contributed by atoms with Crippen molar-refractivity contribution in [3.63, 3.8) is 0 Å². The van der Waals surface area contributed by atoms with Gasteiger partial charge in [0.1, 0.15) is 0 Å². The lowest BCUT2D eigenvalue weighted by Crippen LogP contribution is -2.47. The van der Waals surface area contributed by atoms with Crippen LogP contribution in [0, 0.1) is 0 Å². The Balaban J connectivity index is 2.03. The van der Waals surface area contributed by atoms with Crippen LogP contribution in [-0.4, -0.2) is 69.3 Å². The largest absolute Gasteiger partial charge is 0.481 e. The first-order valence-corrected chi connectivity index (χ1v) is 6.99. The van der Waals surface area contributed by atoms with Gasteiger partial charge in [-0.2, -0.15) is 0 Å². The lowest BCUT2D eigenvalue weighted by atomic mass is 10.4. The number of carbonyl (C=O) groups excluding carboxylic acids is 4. The van der Waals surface area contributed by atoms with E-state index in [1.165, 1.54) is 4.90 Å². The summed E-state index contributed by atoms with van der Waals surface area (Å²) in [6.07, 6.45) is 0.313. The van der Waals surface area contributed by atoms with Gasteiger partial charge in [0.15, 0.2) is 0 Å². The van der Waals surface area contributed by atoms with Gasteiger partial charge in [0, 0.05) is 32.2 Å². The average molecular weight is 311 g/mol. The Labute approximate surface area is 126 Å². The van der Waals surface area contributed by atoms with Crippen LogP contribution in [0.3, 0.4) is 0 Å². The fraction of sp³-hybridized carbons (Fsp3) is 0.615. The Morgan fingerprint density at radius 3 is 1.55 bits per heavy atom. The van der Waals surface area contributed by atoms with Gasteiger partial charge in [0.2, 0.25) is 23.6 Å². The normalized spacial score (nSPS) is 19.0. The zero-order valence-electron chi connectivity index (χ0n) is 12.0. The zero-order valence-corrected chi connectivity index (χ0v) is 12.0. The molecular formula is C13H17N3O6. The molecule has 9 heteroatoms. The van der Waals surface area contributed by atoms with Gasteiger partial charge in [0.05, 0.1) is 19.8 Å². The van der Waals surface area contributed by atoms with Crippen molar-refractivity contribution in [2.45, 2.75) is 32.1 Å². The summed E-state index contributed by atoms with van der Waals surface area (Å²) in [6.45, 7) is -0.187. The average Bonchev–Trinajstić information content (AvgIpc) is 2.94.